The van der Waals surface area contributed by atoms with Crippen LogP contribution in [0.15, 0.2) is 0 Å². The first kappa shape index (κ1) is 12.3. The Balaban J connectivity index is 2.09. The molecular formula is C11H21NO3S. The standard InChI is InChI=1S/C11H21NO3S/c1-11(2)8-10(15-16(3,13)14)7-9-5-4-6-12(9)11/h9-10H,4-8H2,1-3H3/t9-,10-/m0/s1. The lowest BCUT2D eigenvalue weighted by Crippen LogP contribution is -2.54. The number of fused-ring (bicyclic) bond motifs is 1. The van der Waals surface area contributed by atoms with Crippen molar-refractivity contribution in [3.8, 4) is 0 Å². The van der Waals surface area contributed by atoms with E-state index in [-0.39, 0.29) is 11.6 Å². The van der Waals surface area contributed by atoms with Crippen LogP contribution in [0.1, 0.15) is 39.5 Å². The van der Waals surface area contributed by atoms with E-state index in [4.69, 9.17) is 4.18 Å². The molecule has 2 fully saturated rings. The SMILES string of the molecule is CC1(C)C[C@@H](OS(C)(=O)=O)C[C@@H]2CCCN21. The molecule has 0 N–H and O–H groups in total. The Hall–Kier alpha value is -0.130. The molecule has 0 saturated carbocycles. The third-order valence-corrected chi connectivity index (χ3v) is 4.35. The van der Waals surface area contributed by atoms with Gasteiger partial charge in [-0.3, -0.25) is 9.08 Å². The molecule has 0 radical (unpaired) electrons. The van der Waals surface area contributed by atoms with Crippen LogP contribution in [0.25, 0.3) is 0 Å². The van der Waals surface area contributed by atoms with E-state index < -0.39 is 10.1 Å². The average Bonchev–Trinajstić information content (AvgIpc) is 2.47. The third-order valence-electron chi connectivity index (χ3n) is 3.73. The number of hydrogen-bond acceptors (Lipinski definition) is 4. The van der Waals surface area contributed by atoms with Crippen molar-refractivity contribution in [3.05, 3.63) is 0 Å². The van der Waals surface area contributed by atoms with Gasteiger partial charge in [-0.15, -0.1) is 0 Å². The highest BCUT2D eigenvalue weighted by molar-refractivity contribution is 7.86. The minimum absolute atomic E-state index is 0.0643. The second kappa shape index (κ2) is 3.96. The monoisotopic (exact) mass is 247 g/mol. The van der Waals surface area contributed by atoms with Gasteiger partial charge in [0.05, 0.1) is 12.4 Å². The minimum Gasteiger partial charge on any atom is -0.295 e. The Morgan fingerprint density at radius 2 is 2.06 bits per heavy atom. The van der Waals surface area contributed by atoms with Crippen LogP contribution in [-0.2, 0) is 14.3 Å². The lowest BCUT2D eigenvalue weighted by molar-refractivity contribution is -0.00711. The van der Waals surface area contributed by atoms with E-state index in [1.54, 1.807) is 0 Å². The molecule has 2 atom stereocenters. The molecular weight excluding hydrogens is 226 g/mol. The number of nitrogens with zero attached hydrogens (tertiary/aromatic N) is 1. The lowest BCUT2D eigenvalue weighted by Gasteiger charge is -2.47. The maximum Gasteiger partial charge on any atom is 0.264 e. The molecule has 2 aliphatic heterocycles. The van der Waals surface area contributed by atoms with E-state index >= 15 is 0 Å². The summed E-state index contributed by atoms with van der Waals surface area (Å²) >= 11 is 0. The van der Waals surface area contributed by atoms with Gasteiger partial charge in [-0.05, 0) is 46.1 Å². The summed E-state index contributed by atoms with van der Waals surface area (Å²) in [5, 5.41) is 0. The van der Waals surface area contributed by atoms with Crippen molar-refractivity contribution >= 4 is 10.1 Å². The van der Waals surface area contributed by atoms with E-state index in [2.05, 4.69) is 18.7 Å². The van der Waals surface area contributed by atoms with Gasteiger partial charge < -0.3 is 0 Å². The zero-order chi connectivity index (χ0) is 12.0. The highest BCUT2D eigenvalue weighted by Gasteiger charge is 2.43. The van der Waals surface area contributed by atoms with Crippen molar-refractivity contribution in [1.29, 1.82) is 0 Å². The first-order valence-electron chi connectivity index (χ1n) is 5.93. The second-order valence-electron chi connectivity index (χ2n) is 5.66. The number of hydrogen-bond donors (Lipinski definition) is 0. The summed E-state index contributed by atoms with van der Waals surface area (Å²) in [5.41, 5.74) is 0.0643. The second-order valence-corrected chi connectivity index (χ2v) is 7.26. The molecule has 5 heteroatoms. The maximum atomic E-state index is 11.2. The topological polar surface area (TPSA) is 46.6 Å². The Kier molecular flexibility index (Phi) is 3.05. The summed E-state index contributed by atoms with van der Waals surface area (Å²) in [5.74, 6) is 0. The van der Waals surface area contributed by atoms with Gasteiger partial charge in [0, 0.05) is 11.6 Å². The van der Waals surface area contributed by atoms with Gasteiger partial charge in [-0.1, -0.05) is 0 Å². The molecule has 0 unspecified atom stereocenters. The van der Waals surface area contributed by atoms with Crippen molar-refractivity contribution in [1.82, 2.24) is 4.90 Å². The fourth-order valence-corrected chi connectivity index (χ4v) is 3.90. The lowest BCUT2D eigenvalue weighted by atomic mass is 9.85. The fraction of sp³-hybridized carbons (Fsp3) is 1.00. The van der Waals surface area contributed by atoms with E-state index in [1.807, 2.05) is 0 Å². The maximum absolute atomic E-state index is 11.2. The van der Waals surface area contributed by atoms with E-state index in [9.17, 15) is 8.42 Å². The van der Waals surface area contributed by atoms with Crippen LogP contribution in [-0.4, -0.2) is 43.8 Å². The molecule has 0 aromatic rings. The molecule has 2 saturated heterocycles. The summed E-state index contributed by atoms with van der Waals surface area (Å²) in [6.07, 6.45) is 5.06. The van der Waals surface area contributed by atoms with Crippen LogP contribution in [0, 0.1) is 0 Å². The van der Waals surface area contributed by atoms with Gasteiger partial charge in [0.1, 0.15) is 0 Å². The van der Waals surface area contributed by atoms with E-state index in [0.717, 1.165) is 25.6 Å². The summed E-state index contributed by atoms with van der Waals surface area (Å²) in [7, 11) is -3.32. The van der Waals surface area contributed by atoms with Gasteiger partial charge in [-0.25, -0.2) is 0 Å². The Morgan fingerprint density at radius 3 is 2.69 bits per heavy atom. The van der Waals surface area contributed by atoms with Gasteiger partial charge in [0.25, 0.3) is 10.1 Å². The molecule has 16 heavy (non-hydrogen) atoms. The van der Waals surface area contributed by atoms with Crippen molar-refractivity contribution in [2.24, 2.45) is 0 Å². The first-order chi connectivity index (χ1) is 7.28. The zero-order valence-corrected chi connectivity index (χ0v) is 11.1. The molecule has 4 nitrogen and oxygen atoms in total. The fourth-order valence-electron chi connectivity index (χ4n) is 3.26. The van der Waals surface area contributed by atoms with Crippen molar-refractivity contribution in [2.45, 2.75) is 57.2 Å². The smallest absolute Gasteiger partial charge is 0.264 e. The molecule has 0 aliphatic carbocycles. The Labute approximate surface area is 98.1 Å². The molecule has 94 valence electrons. The minimum atomic E-state index is -3.32. The Morgan fingerprint density at radius 1 is 1.38 bits per heavy atom. The highest BCUT2D eigenvalue weighted by atomic mass is 32.2. The van der Waals surface area contributed by atoms with Gasteiger partial charge in [0.2, 0.25) is 0 Å². The van der Waals surface area contributed by atoms with Crippen LogP contribution >= 0.6 is 0 Å². The van der Waals surface area contributed by atoms with E-state index in [0.29, 0.717) is 6.04 Å². The van der Waals surface area contributed by atoms with Gasteiger partial charge >= 0.3 is 0 Å². The highest BCUT2D eigenvalue weighted by Crippen LogP contribution is 2.38. The van der Waals surface area contributed by atoms with Crippen LogP contribution in [0.3, 0.4) is 0 Å². The normalized spacial score (nSPS) is 34.9. The van der Waals surface area contributed by atoms with Crippen LogP contribution in [0.2, 0.25) is 0 Å². The zero-order valence-electron chi connectivity index (χ0n) is 10.3. The predicted molar refractivity (Wildman–Crippen MR) is 62.8 cm³/mol. The third kappa shape index (κ3) is 2.57. The molecule has 0 bridgehead atoms. The van der Waals surface area contributed by atoms with Crippen LogP contribution < -0.4 is 0 Å². The predicted octanol–water partition coefficient (Wildman–Crippen LogP) is 1.37. The molecule has 0 spiro atoms. The molecule has 0 aromatic carbocycles. The van der Waals surface area contributed by atoms with E-state index in [1.165, 1.54) is 12.8 Å². The molecule has 2 rings (SSSR count). The van der Waals surface area contributed by atoms with Crippen LogP contribution in [0.5, 0.6) is 0 Å². The summed E-state index contributed by atoms with van der Waals surface area (Å²) in [4.78, 5) is 2.51. The number of rotatable bonds is 2. The van der Waals surface area contributed by atoms with Crippen molar-refractivity contribution in [2.75, 3.05) is 12.8 Å². The summed E-state index contributed by atoms with van der Waals surface area (Å²) in [6, 6.07) is 0.510. The molecule has 0 amide bonds. The van der Waals surface area contributed by atoms with Gasteiger partial charge in [0.15, 0.2) is 0 Å². The first-order valence-corrected chi connectivity index (χ1v) is 7.75. The molecule has 0 aromatic heterocycles. The molecule has 2 heterocycles. The number of piperidine rings is 1. The van der Waals surface area contributed by atoms with Crippen LogP contribution in [0.4, 0.5) is 0 Å². The van der Waals surface area contributed by atoms with Crippen molar-refractivity contribution in [3.63, 3.8) is 0 Å². The van der Waals surface area contributed by atoms with Crippen molar-refractivity contribution < 1.29 is 12.6 Å². The van der Waals surface area contributed by atoms with Gasteiger partial charge in [-0.2, -0.15) is 8.42 Å². The largest absolute Gasteiger partial charge is 0.295 e. The summed E-state index contributed by atoms with van der Waals surface area (Å²) < 4.78 is 27.5. The average molecular weight is 247 g/mol. The summed E-state index contributed by atoms with van der Waals surface area (Å²) in [6.45, 7) is 5.51. The molecule has 2 aliphatic rings. The Bertz CT molecular complexity index is 363. The quantitative estimate of drug-likeness (QED) is 0.691.